The third-order valence-corrected chi connectivity index (χ3v) is 2.77. The highest BCUT2D eigenvalue weighted by molar-refractivity contribution is 5.76. The number of carboxylic acid groups (broad SMARTS) is 1. The zero-order valence-corrected chi connectivity index (χ0v) is 11.1. The van der Waals surface area contributed by atoms with Crippen molar-refractivity contribution in [1.29, 1.82) is 0 Å². The van der Waals surface area contributed by atoms with Crippen LogP contribution in [-0.2, 0) is 22.6 Å². The summed E-state index contributed by atoms with van der Waals surface area (Å²) in [7, 11) is 1.85. The average molecular weight is 264 g/mol. The summed E-state index contributed by atoms with van der Waals surface area (Å²) in [6, 6.07) is 7.26. The number of carbonyl (C=O) groups is 2. The second-order valence-corrected chi connectivity index (χ2v) is 4.32. The number of aliphatic carboxylic acids is 1. The van der Waals surface area contributed by atoms with Gasteiger partial charge in [0, 0.05) is 13.0 Å². The van der Waals surface area contributed by atoms with Crippen molar-refractivity contribution in [1.82, 2.24) is 10.6 Å². The lowest BCUT2D eigenvalue weighted by atomic mass is 10.0. The smallest absolute Gasteiger partial charge is 0.307 e. The topological polar surface area (TPSA) is 78.4 Å². The highest BCUT2D eigenvalue weighted by atomic mass is 16.4. The molecule has 0 spiro atoms. The Bertz CT molecular complexity index is 432. The van der Waals surface area contributed by atoms with Gasteiger partial charge in [-0.3, -0.25) is 9.59 Å². The van der Waals surface area contributed by atoms with E-state index in [1.54, 1.807) is 12.1 Å². The summed E-state index contributed by atoms with van der Waals surface area (Å²) in [4.78, 5) is 22.3. The fourth-order valence-corrected chi connectivity index (χ4v) is 1.77. The van der Waals surface area contributed by atoms with E-state index in [0.29, 0.717) is 13.0 Å². The van der Waals surface area contributed by atoms with Crippen LogP contribution >= 0.6 is 0 Å². The van der Waals surface area contributed by atoms with E-state index < -0.39 is 5.97 Å². The van der Waals surface area contributed by atoms with Gasteiger partial charge in [-0.15, -0.1) is 0 Å². The molecule has 0 aliphatic rings. The number of carbonyl (C=O) groups excluding carboxylic acids is 1. The first-order valence-corrected chi connectivity index (χ1v) is 6.33. The molecule has 0 bridgehead atoms. The summed E-state index contributed by atoms with van der Waals surface area (Å²) in [5, 5.41) is 14.6. The Morgan fingerprint density at radius 1 is 1.21 bits per heavy atom. The highest BCUT2D eigenvalue weighted by Gasteiger charge is 2.07. The Kier molecular flexibility index (Phi) is 6.60. The van der Waals surface area contributed by atoms with Gasteiger partial charge in [-0.05, 0) is 31.1 Å². The molecule has 1 amide bonds. The van der Waals surface area contributed by atoms with E-state index in [0.717, 1.165) is 24.1 Å². The van der Waals surface area contributed by atoms with E-state index in [1.165, 1.54) is 0 Å². The van der Waals surface area contributed by atoms with Crippen LogP contribution in [0.1, 0.15) is 24.0 Å². The lowest BCUT2D eigenvalue weighted by Crippen LogP contribution is -2.24. The largest absolute Gasteiger partial charge is 0.481 e. The molecule has 1 aromatic carbocycles. The number of hydrogen-bond acceptors (Lipinski definition) is 3. The van der Waals surface area contributed by atoms with Crippen molar-refractivity contribution < 1.29 is 14.7 Å². The minimum Gasteiger partial charge on any atom is -0.481 e. The molecule has 0 radical (unpaired) electrons. The lowest BCUT2D eigenvalue weighted by Gasteiger charge is -2.09. The Hall–Kier alpha value is -1.88. The molecule has 0 saturated heterocycles. The van der Waals surface area contributed by atoms with Crippen LogP contribution in [0.3, 0.4) is 0 Å². The number of benzene rings is 1. The lowest BCUT2D eigenvalue weighted by molar-refractivity contribution is -0.136. The predicted molar refractivity (Wildman–Crippen MR) is 72.8 cm³/mol. The van der Waals surface area contributed by atoms with Gasteiger partial charge in [0.25, 0.3) is 0 Å². The maximum atomic E-state index is 11.6. The van der Waals surface area contributed by atoms with Crippen molar-refractivity contribution in [2.75, 3.05) is 13.6 Å². The van der Waals surface area contributed by atoms with Crippen LogP contribution in [0.2, 0.25) is 0 Å². The number of carboxylic acids is 1. The van der Waals surface area contributed by atoms with Crippen molar-refractivity contribution in [2.24, 2.45) is 0 Å². The number of amides is 1. The minimum atomic E-state index is -0.868. The standard InChI is InChI=1S/C14H20N2O3/c1-15-8-4-7-13(17)16-10-12-6-3-2-5-11(12)9-14(18)19/h2-3,5-6,15H,4,7-10H2,1H3,(H,16,17)(H,18,19). The van der Waals surface area contributed by atoms with Gasteiger partial charge in [0.1, 0.15) is 0 Å². The molecule has 1 rings (SSSR count). The van der Waals surface area contributed by atoms with E-state index in [4.69, 9.17) is 5.11 Å². The van der Waals surface area contributed by atoms with Crippen molar-refractivity contribution in [3.05, 3.63) is 35.4 Å². The molecule has 1 aromatic rings. The Morgan fingerprint density at radius 3 is 2.53 bits per heavy atom. The molecular weight excluding hydrogens is 244 g/mol. The predicted octanol–water partition coefficient (Wildman–Crippen LogP) is 0.929. The highest BCUT2D eigenvalue weighted by Crippen LogP contribution is 2.09. The van der Waals surface area contributed by atoms with Crippen molar-refractivity contribution in [2.45, 2.75) is 25.8 Å². The van der Waals surface area contributed by atoms with Gasteiger partial charge in [0.05, 0.1) is 6.42 Å². The van der Waals surface area contributed by atoms with Gasteiger partial charge in [-0.25, -0.2) is 0 Å². The average Bonchev–Trinajstić information content (AvgIpc) is 2.37. The van der Waals surface area contributed by atoms with E-state index >= 15 is 0 Å². The fourth-order valence-electron chi connectivity index (χ4n) is 1.77. The third kappa shape index (κ3) is 6.01. The van der Waals surface area contributed by atoms with E-state index in [2.05, 4.69) is 10.6 Å². The molecule has 0 aliphatic carbocycles. The van der Waals surface area contributed by atoms with Gasteiger partial charge >= 0.3 is 5.97 Å². The molecule has 104 valence electrons. The molecule has 0 atom stereocenters. The Labute approximate surface area is 113 Å². The molecule has 5 heteroatoms. The fraction of sp³-hybridized carbons (Fsp3) is 0.429. The SMILES string of the molecule is CNCCCC(=O)NCc1ccccc1CC(=O)O. The minimum absolute atomic E-state index is 0.0135. The van der Waals surface area contributed by atoms with Crippen molar-refractivity contribution >= 4 is 11.9 Å². The summed E-state index contributed by atoms with van der Waals surface area (Å²) in [6.45, 7) is 1.19. The van der Waals surface area contributed by atoms with Gasteiger partial charge in [0.2, 0.25) is 5.91 Å². The number of hydrogen-bond donors (Lipinski definition) is 3. The second kappa shape index (κ2) is 8.26. The van der Waals surface area contributed by atoms with Gasteiger partial charge in [-0.2, -0.15) is 0 Å². The number of nitrogens with one attached hydrogen (secondary N) is 2. The van der Waals surface area contributed by atoms with Crippen LogP contribution in [0, 0.1) is 0 Å². The molecule has 0 unspecified atom stereocenters. The van der Waals surface area contributed by atoms with Crippen molar-refractivity contribution in [3.63, 3.8) is 0 Å². The van der Waals surface area contributed by atoms with Gasteiger partial charge in [-0.1, -0.05) is 24.3 Å². The number of rotatable bonds is 8. The Balaban J connectivity index is 2.48. The zero-order valence-electron chi connectivity index (χ0n) is 11.1. The zero-order chi connectivity index (χ0) is 14.1. The van der Waals surface area contributed by atoms with E-state index in [1.807, 2.05) is 19.2 Å². The van der Waals surface area contributed by atoms with E-state index in [-0.39, 0.29) is 12.3 Å². The Morgan fingerprint density at radius 2 is 1.89 bits per heavy atom. The van der Waals surface area contributed by atoms with Crippen LogP contribution < -0.4 is 10.6 Å². The third-order valence-electron chi connectivity index (χ3n) is 2.77. The molecule has 0 fully saturated rings. The van der Waals surface area contributed by atoms with E-state index in [9.17, 15) is 9.59 Å². The summed E-state index contributed by atoms with van der Waals surface area (Å²) in [5.41, 5.74) is 1.59. The monoisotopic (exact) mass is 264 g/mol. The summed E-state index contributed by atoms with van der Waals surface area (Å²) >= 11 is 0. The van der Waals surface area contributed by atoms with Crippen LogP contribution in [0.4, 0.5) is 0 Å². The second-order valence-electron chi connectivity index (χ2n) is 4.32. The van der Waals surface area contributed by atoms with Crippen LogP contribution in [0.5, 0.6) is 0 Å². The first kappa shape index (κ1) is 15.2. The molecule has 0 saturated carbocycles. The molecule has 0 aromatic heterocycles. The summed E-state index contributed by atoms with van der Waals surface area (Å²) < 4.78 is 0. The first-order valence-electron chi connectivity index (χ1n) is 6.33. The van der Waals surface area contributed by atoms with Crippen LogP contribution in [0.25, 0.3) is 0 Å². The van der Waals surface area contributed by atoms with Crippen LogP contribution in [-0.4, -0.2) is 30.6 Å². The van der Waals surface area contributed by atoms with Gasteiger partial charge in [0.15, 0.2) is 0 Å². The molecule has 0 aliphatic heterocycles. The normalized spacial score (nSPS) is 10.2. The molecular formula is C14H20N2O3. The molecule has 0 heterocycles. The molecule has 5 nitrogen and oxygen atoms in total. The molecule has 3 N–H and O–H groups in total. The van der Waals surface area contributed by atoms with Gasteiger partial charge < -0.3 is 15.7 Å². The van der Waals surface area contributed by atoms with Crippen molar-refractivity contribution in [3.8, 4) is 0 Å². The maximum Gasteiger partial charge on any atom is 0.307 e. The quantitative estimate of drug-likeness (QED) is 0.610. The maximum absolute atomic E-state index is 11.6. The molecule has 19 heavy (non-hydrogen) atoms. The van der Waals surface area contributed by atoms with Crippen LogP contribution in [0.15, 0.2) is 24.3 Å². The summed E-state index contributed by atoms with van der Waals surface area (Å²) in [5.74, 6) is -0.881. The first-order chi connectivity index (χ1) is 9.13. The summed E-state index contributed by atoms with van der Waals surface area (Å²) in [6.07, 6.45) is 1.24.